The summed E-state index contributed by atoms with van der Waals surface area (Å²) in [5, 5.41) is 9.22. The quantitative estimate of drug-likeness (QED) is 0.672. The molecule has 66 valence electrons. The molecule has 2 aliphatic carbocycles. The molecule has 1 saturated carbocycles. The van der Waals surface area contributed by atoms with Crippen LogP contribution in [0.3, 0.4) is 0 Å². The molecule has 1 fully saturated rings. The molecule has 0 radical (unpaired) electrons. The van der Waals surface area contributed by atoms with Gasteiger partial charge in [-0.3, -0.25) is 4.79 Å². The summed E-state index contributed by atoms with van der Waals surface area (Å²) in [6.07, 6.45) is 1.19. The van der Waals surface area contributed by atoms with E-state index >= 15 is 0 Å². The molecule has 0 spiro atoms. The van der Waals surface area contributed by atoms with Gasteiger partial charge in [0, 0.05) is 5.57 Å². The predicted octanol–water partition coefficient (Wildman–Crippen LogP) is 0.631. The Labute approximate surface area is 71.0 Å². The molecular formula is C9H12O3. The molecule has 3 heteroatoms. The fraction of sp³-hybridized carbons (Fsp3) is 0.667. The van der Waals surface area contributed by atoms with E-state index in [1.807, 2.05) is 6.92 Å². The van der Waals surface area contributed by atoms with Gasteiger partial charge in [-0.05, 0) is 25.7 Å². The number of ether oxygens (including phenoxy) is 1. The van der Waals surface area contributed by atoms with E-state index in [1.165, 1.54) is 0 Å². The lowest BCUT2D eigenvalue weighted by molar-refractivity contribution is -0.128. The number of ketones is 1. The topological polar surface area (TPSA) is 46.5 Å². The number of hydrogen-bond donors (Lipinski definition) is 1. The number of aliphatic hydroxyl groups is 1. The molecule has 3 nitrogen and oxygen atoms in total. The molecule has 0 aromatic heterocycles. The van der Waals surface area contributed by atoms with Gasteiger partial charge in [-0.2, -0.15) is 0 Å². The van der Waals surface area contributed by atoms with Crippen LogP contribution in [0.2, 0.25) is 0 Å². The summed E-state index contributed by atoms with van der Waals surface area (Å²) in [6.45, 7) is 2.38. The Morgan fingerprint density at radius 3 is 2.75 bits per heavy atom. The van der Waals surface area contributed by atoms with Crippen LogP contribution >= 0.6 is 0 Å². The van der Waals surface area contributed by atoms with Crippen LogP contribution in [0.5, 0.6) is 0 Å². The predicted molar refractivity (Wildman–Crippen MR) is 42.4 cm³/mol. The Balaban J connectivity index is 2.17. The first kappa shape index (κ1) is 7.80. The molecule has 0 amide bonds. The van der Waals surface area contributed by atoms with Gasteiger partial charge in [-0.25, -0.2) is 0 Å². The standard InChI is InChI=1S/C9H12O3/c1-2-12-9-6(5-3-4-5)7(10)8(9)11/h5,8,11H,2-4H2,1H3. The Morgan fingerprint density at radius 2 is 2.25 bits per heavy atom. The highest BCUT2D eigenvalue weighted by Gasteiger charge is 2.46. The maximum absolute atomic E-state index is 11.1. The molecule has 0 aliphatic heterocycles. The average molecular weight is 168 g/mol. The first-order valence-electron chi connectivity index (χ1n) is 4.34. The van der Waals surface area contributed by atoms with Gasteiger partial charge in [0.25, 0.3) is 0 Å². The lowest BCUT2D eigenvalue weighted by Gasteiger charge is -2.27. The molecule has 1 atom stereocenters. The van der Waals surface area contributed by atoms with Gasteiger partial charge in [-0.15, -0.1) is 0 Å². The molecule has 0 saturated heterocycles. The number of carbonyl (C=O) groups is 1. The Bertz CT molecular complexity index is 250. The smallest absolute Gasteiger partial charge is 0.198 e. The Morgan fingerprint density at radius 1 is 1.58 bits per heavy atom. The zero-order valence-corrected chi connectivity index (χ0v) is 7.04. The van der Waals surface area contributed by atoms with Gasteiger partial charge >= 0.3 is 0 Å². The zero-order chi connectivity index (χ0) is 8.72. The SMILES string of the molecule is CCOC1=C(C2CC2)C(=O)C1O. The maximum Gasteiger partial charge on any atom is 0.198 e. The largest absolute Gasteiger partial charge is 0.495 e. The molecular weight excluding hydrogens is 156 g/mol. The highest BCUT2D eigenvalue weighted by atomic mass is 16.5. The average Bonchev–Trinajstić information content (AvgIpc) is 2.87. The van der Waals surface area contributed by atoms with Crippen LogP contribution in [-0.2, 0) is 9.53 Å². The van der Waals surface area contributed by atoms with Crippen LogP contribution in [-0.4, -0.2) is 23.6 Å². The van der Waals surface area contributed by atoms with Crippen molar-refractivity contribution in [2.45, 2.75) is 25.9 Å². The van der Waals surface area contributed by atoms with Crippen LogP contribution in [0.15, 0.2) is 11.3 Å². The maximum atomic E-state index is 11.1. The summed E-state index contributed by atoms with van der Waals surface area (Å²) in [6, 6.07) is 0. The molecule has 2 rings (SSSR count). The van der Waals surface area contributed by atoms with Gasteiger partial charge < -0.3 is 9.84 Å². The van der Waals surface area contributed by atoms with Crippen molar-refractivity contribution in [3.63, 3.8) is 0 Å². The lowest BCUT2D eigenvalue weighted by atomic mass is 9.87. The first-order valence-corrected chi connectivity index (χ1v) is 4.34. The fourth-order valence-electron chi connectivity index (χ4n) is 1.54. The van der Waals surface area contributed by atoms with E-state index < -0.39 is 6.10 Å². The number of carbonyl (C=O) groups excluding carboxylic acids is 1. The third-order valence-corrected chi connectivity index (χ3v) is 2.31. The van der Waals surface area contributed by atoms with Crippen molar-refractivity contribution in [1.82, 2.24) is 0 Å². The molecule has 1 unspecified atom stereocenters. The van der Waals surface area contributed by atoms with Gasteiger partial charge in [0.1, 0.15) is 5.76 Å². The van der Waals surface area contributed by atoms with Crippen molar-refractivity contribution in [1.29, 1.82) is 0 Å². The van der Waals surface area contributed by atoms with Crippen LogP contribution in [0.4, 0.5) is 0 Å². The normalized spacial score (nSPS) is 28.8. The molecule has 1 N–H and O–H groups in total. The highest BCUT2D eigenvalue weighted by molar-refractivity contribution is 6.08. The summed E-state index contributed by atoms with van der Waals surface area (Å²) in [5.74, 6) is 0.799. The first-order chi connectivity index (χ1) is 5.75. The van der Waals surface area contributed by atoms with Crippen molar-refractivity contribution in [3.8, 4) is 0 Å². The Kier molecular flexibility index (Phi) is 1.68. The molecule has 12 heavy (non-hydrogen) atoms. The second-order valence-electron chi connectivity index (χ2n) is 3.25. The lowest BCUT2D eigenvalue weighted by Crippen LogP contribution is -2.38. The summed E-state index contributed by atoms with van der Waals surface area (Å²) >= 11 is 0. The monoisotopic (exact) mass is 168 g/mol. The third-order valence-electron chi connectivity index (χ3n) is 2.31. The van der Waals surface area contributed by atoms with Gasteiger partial charge in [0.2, 0.25) is 0 Å². The highest BCUT2D eigenvalue weighted by Crippen LogP contribution is 2.44. The van der Waals surface area contributed by atoms with Crippen molar-refractivity contribution >= 4 is 5.78 Å². The number of aliphatic hydroxyl groups excluding tert-OH is 1. The summed E-state index contributed by atoms with van der Waals surface area (Å²) in [4.78, 5) is 11.1. The number of hydrogen-bond acceptors (Lipinski definition) is 3. The second-order valence-corrected chi connectivity index (χ2v) is 3.25. The van der Waals surface area contributed by atoms with Gasteiger partial charge in [0.15, 0.2) is 11.9 Å². The summed E-state index contributed by atoms with van der Waals surface area (Å²) < 4.78 is 5.18. The second kappa shape index (κ2) is 2.59. The minimum absolute atomic E-state index is 0.124. The van der Waals surface area contributed by atoms with E-state index in [0.29, 0.717) is 18.3 Å². The van der Waals surface area contributed by atoms with E-state index in [4.69, 9.17) is 4.74 Å². The van der Waals surface area contributed by atoms with Crippen molar-refractivity contribution < 1.29 is 14.6 Å². The third kappa shape index (κ3) is 0.966. The number of Topliss-reactive ketones (excluding diaryl/α,β-unsaturated/α-hetero) is 1. The van der Waals surface area contributed by atoms with Crippen LogP contribution in [0, 0.1) is 5.92 Å². The summed E-state index contributed by atoms with van der Waals surface area (Å²) in [5.41, 5.74) is 0.754. The van der Waals surface area contributed by atoms with Crippen molar-refractivity contribution in [2.75, 3.05) is 6.61 Å². The minimum Gasteiger partial charge on any atom is -0.495 e. The van der Waals surface area contributed by atoms with E-state index in [1.54, 1.807) is 0 Å². The molecule has 2 aliphatic rings. The van der Waals surface area contributed by atoms with Crippen molar-refractivity contribution in [3.05, 3.63) is 11.3 Å². The van der Waals surface area contributed by atoms with Gasteiger partial charge in [0.05, 0.1) is 6.61 Å². The van der Waals surface area contributed by atoms with Crippen molar-refractivity contribution in [2.24, 2.45) is 5.92 Å². The van der Waals surface area contributed by atoms with E-state index in [-0.39, 0.29) is 5.78 Å². The van der Waals surface area contributed by atoms with Crippen LogP contribution in [0.25, 0.3) is 0 Å². The van der Waals surface area contributed by atoms with Crippen LogP contribution in [0.1, 0.15) is 19.8 Å². The van der Waals surface area contributed by atoms with Crippen LogP contribution < -0.4 is 0 Å². The number of rotatable bonds is 3. The van der Waals surface area contributed by atoms with E-state index in [9.17, 15) is 9.90 Å². The molecule has 0 heterocycles. The minimum atomic E-state index is -0.958. The molecule has 0 bridgehead atoms. The van der Waals surface area contributed by atoms with E-state index in [0.717, 1.165) is 18.4 Å². The molecule has 0 aromatic rings. The van der Waals surface area contributed by atoms with Gasteiger partial charge in [-0.1, -0.05) is 0 Å². The zero-order valence-electron chi connectivity index (χ0n) is 7.04. The Hall–Kier alpha value is -0.830. The fourth-order valence-corrected chi connectivity index (χ4v) is 1.54. The summed E-state index contributed by atoms with van der Waals surface area (Å²) in [7, 11) is 0. The van der Waals surface area contributed by atoms with E-state index in [2.05, 4.69) is 0 Å². The molecule has 0 aromatic carbocycles.